The van der Waals surface area contributed by atoms with Crippen LogP contribution in [0, 0.1) is 5.92 Å². The van der Waals surface area contributed by atoms with Crippen molar-refractivity contribution >= 4 is 0 Å². The Morgan fingerprint density at radius 3 is 2.92 bits per heavy atom. The van der Waals surface area contributed by atoms with Gasteiger partial charge < -0.3 is 5.11 Å². The summed E-state index contributed by atoms with van der Waals surface area (Å²) in [6.07, 6.45) is 4.83. The molecule has 2 rings (SSSR count). The molecule has 0 unspecified atom stereocenters. The van der Waals surface area contributed by atoms with Gasteiger partial charge in [0.1, 0.15) is 0 Å². The first-order chi connectivity index (χ1) is 5.86. The summed E-state index contributed by atoms with van der Waals surface area (Å²) in [5, 5.41) is 9.67. The molecule has 1 aliphatic carbocycles. The molecule has 1 aromatic heterocycles. The average molecular weight is 163 g/mol. The number of pyridine rings is 1. The van der Waals surface area contributed by atoms with Crippen LogP contribution < -0.4 is 0 Å². The summed E-state index contributed by atoms with van der Waals surface area (Å²) in [5.74, 6) is 0.752. The van der Waals surface area contributed by atoms with Gasteiger partial charge in [-0.05, 0) is 24.5 Å². The molecule has 1 saturated carbocycles. The van der Waals surface area contributed by atoms with E-state index < -0.39 is 0 Å². The molecule has 1 aliphatic rings. The van der Waals surface area contributed by atoms with E-state index in [1.807, 2.05) is 18.2 Å². The second kappa shape index (κ2) is 3.23. The van der Waals surface area contributed by atoms with Crippen molar-refractivity contribution in [1.82, 2.24) is 4.98 Å². The molecule has 0 saturated heterocycles. The lowest BCUT2D eigenvalue weighted by Gasteiger charge is -2.07. The SMILES string of the molecule is O[C@H](CC1CC1)c1ccccn1. The molecular formula is C10H13NO. The zero-order chi connectivity index (χ0) is 8.39. The Balaban J connectivity index is 1.98. The molecule has 12 heavy (non-hydrogen) atoms. The van der Waals surface area contributed by atoms with E-state index in [0.29, 0.717) is 0 Å². The van der Waals surface area contributed by atoms with Gasteiger partial charge in [0.25, 0.3) is 0 Å². The quantitative estimate of drug-likeness (QED) is 0.738. The van der Waals surface area contributed by atoms with Crippen LogP contribution in [0.3, 0.4) is 0 Å². The molecule has 1 atom stereocenters. The number of nitrogens with zero attached hydrogens (tertiary/aromatic N) is 1. The maximum absolute atomic E-state index is 9.67. The van der Waals surface area contributed by atoms with Crippen LogP contribution >= 0.6 is 0 Å². The Kier molecular flexibility index (Phi) is 2.09. The Morgan fingerprint density at radius 1 is 1.50 bits per heavy atom. The Labute approximate surface area is 72.3 Å². The lowest BCUT2D eigenvalue weighted by Crippen LogP contribution is -2.00. The van der Waals surface area contributed by atoms with E-state index >= 15 is 0 Å². The Bertz CT molecular complexity index is 243. The third-order valence-electron chi connectivity index (χ3n) is 2.28. The van der Waals surface area contributed by atoms with Gasteiger partial charge in [0.15, 0.2) is 0 Å². The lowest BCUT2D eigenvalue weighted by atomic mass is 10.1. The fraction of sp³-hybridized carbons (Fsp3) is 0.500. The van der Waals surface area contributed by atoms with Crippen LogP contribution in [-0.4, -0.2) is 10.1 Å². The minimum atomic E-state index is -0.348. The topological polar surface area (TPSA) is 33.1 Å². The molecule has 0 amide bonds. The molecule has 1 fully saturated rings. The summed E-state index contributed by atoms with van der Waals surface area (Å²) < 4.78 is 0. The van der Waals surface area contributed by atoms with Crippen LogP contribution in [0.15, 0.2) is 24.4 Å². The maximum Gasteiger partial charge on any atom is 0.0962 e. The Morgan fingerprint density at radius 2 is 2.33 bits per heavy atom. The summed E-state index contributed by atoms with van der Waals surface area (Å²) in [6, 6.07) is 5.67. The molecule has 2 heteroatoms. The number of hydrogen-bond donors (Lipinski definition) is 1. The van der Waals surface area contributed by atoms with Gasteiger partial charge >= 0.3 is 0 Å². The van der Waals surface area contributed by atoms with Crippen molar-refractivity contribution in [2.24, 2.45) is 5.92 Å². The van der Waals surface area contributed by atoms with Crippen LogP contribution in [0.25, 0.3) is 0 Å². The van der Waals surface area contributed by atoms with Gasteiger partial charge in [-0.1, -0.05) is 18.9 Å². The van der Waals surface area contributed by atoms with Gasteiger partial charge in [0.05, 0.1) is 11.8 Å². The van der Waals surface area contributed by atoms with Gasteiger partial charge in [-0.2, -0.15) is 0 Å². The van der Waals surface area contributed by atoms with E-state index in [1.54, 1.807) is 6.20 Å². The molecule has 0 aromatic carbocycles. The molecule has 0 radical (unpaired) electrons. The number of aromatic nitrogens is 1. The van der Waals surface area contributed by atoms with Gasteiger partial charge in [-0.15, -0.1) is 0 Å². The highest BCUT2D eigenvalue weighted by atomic mass is 16.3. The zero-order valence-corrected chi connectivity index (χ0v) is 6.98. The van der Waals surface area contributed by atoms with Crippen molar-refractivity contribution < 1.29 is 5.11 Å². The third-order valence-corrected chi connectivity index (χ3v) is 2.28. The van der Waals surface area contributed by atoms with E-state index in [4.69, 9.17) is 0 Å². The third kappa shape index (κ3) is 1.83. The number of aliphatic hydroxyl groups excluding tert-OH is 1. The van der Waals surface area contributed by atoms with Crippen LogP contribution in [0.4, 0.5) is 0 Å². The van der Waals surface area contributed by atoms with Crippen LogP contribution in [0.5, 0.6) is 0 Å². The second-order valence-corrected chi connectivity index (χ2v) is 3.45. The molecule has 0 bridgehead atoms. The molecule has 0 spiro atoms. The summed E-state index contributed by atoms with van der Waals surface area (Å²) >= 11 is 0. The minimum Gasteiger partial charge on any atom is -0.387 e. The number of rotatable bonds is 3. The number of hydrogen-bond acceptors (Lipinski definition) is 2. The highest BCUT2D eigenvalue weighted by Gasteiger charge is 2.25. The van der Waals surface area contributed by atoms with Gasteiger partial charge in [-0.25, -0.2) is 0 Å². The summed E-state index contributed by atoms with van der Waals surface area (Å²) in [7, 11) is 0. The largest absolute Gasteiger partial charge is 0.387 e. The minimum absolute atomic E-state index is 0.348. The van der Waals surface area contributed by atoms with E-state index in [2.05, 4.69) is 4.98 Å². The average Bonchev–Trinajstić information content (AvgIpc) is 2.90. The molecule has 2 nitrogen and oxygen atoms in total. The monoisotopic (exact) mass is 163 g/mol. The van der Waals surface area contributed by atoms with Crippen LogP contribution in [0.1, 0.15) is 31.1 Å². The molecule has 1 aromatic rings. The highest BCUT2D eigenvalue weighted by Crippen LogP contribution is 2.36. The van der Waals surface area contributed by atoms with E-state index in [9.17, 15) is 5.11 Å². The van der Waals surface area contributed by atoms with Crippen LogP contribution in [-0.2, 0) is 0 Å². The number of aliphatic hydroxyl groups is 1. The molecule has 0 aliphatic heterocycles. The molecule has 1 heterocycles. The fourth-order valence-electron chi connectivity index (χ4n) is 1.36. The summed E-state index contributed by atoms with van der Waals surface area (Å²) in [5.41, 5.74) is 0.810. The summed E-state index contributed by atoms with van der Waals surface area (Å²) in [4.78, 5) is 4.11. The lowest BCUT2D eigenvalue weighted by molar-refractivity contribution is 0.155. The van der Waals surface area contributed by atoms with E-state index in [0.717, 1.165) is 18.0 Å². The van der Waals surface area contributed by atoms with E-state index in [1.165, 1.54) is 12.8 Å². The normalized spacial score (nSPS) is 19.1. The Hall–Kier alpha value is -0.890. The van der Waals surface area contributed by atoms with Gasteiger partial charge in [0.2, 0.25) is 0 Å². The van der Waals surface area contributed by atoms with Gasteiger partial charge in [-0.3, -0.25) is 4.98 Å². The predicted octanol–water partition coefficient (Wildman–Crippen LogP) is 1.92. The maximum atomic E-state index is 9.67. The first-order valence-electron chi connectivity index (χ1n) is 4.45. The molecule has 64 valence electrons. The van der Waals surface area contributed by atoms with Crippen LogP contribution in [0.2, 0.25) is 0 Å². The van der Waals surface area contributed by atoms with Gasteiger partial charge in [0, 0.05) is 6.20 Å². The van der Waals surface area contributed by atoms with Crippen molar-refractivity contribution in [2.45, 2.75) is 25.4 Å². The zero-order valence-electron chi connectivity index (χ0n) is 6.98. The van der Waals surface area contributed by atoms with Crippen molar-refractivity contribution in [2.75, 3.05) is 0 Å². The van der Waals surface area contributed by atoms with Crippen molar-refractivity contribution in [3.63, 3.8) is 0 Å². The first-order valence-corrected chi connectivity index (χ1v) is 4.45. The van der Waals surface area contributed by atoms with Crippen molar-refractivity contribution in [3.05, 3.63) is 30.1 Å². The highest BCUT2D eigenvalue weighted by molar-refractivity contribution is 5.07. The van der Waals surface area contributed by atoms with Crippen molar-refractivity contribution in [3.8, 4) is 0 Å². The first kappa shape index (κ1) is 7.74. The molecule has 1 N–H and O–H groups in total. The molecular weight excluding hydrogens is 150 g/mol. The second-order valence-electron chi connectivity index (χ2n) is 3.45. The standard InChI is InChI=1S/C10H13NO/c12-10(7-8-4-5-8)9-3-1-2-6-11-9/h1-3,6,8,10,12H,4-5,7H2/t10-/m1/s1. The fourth-order valence-corrected chi connectivity index (χ4v) is 1.36. The predicted molar refractivity (Wildman–Crippen MR) is 46.5 cm³/mol. The smallest absolute Gasteiger partial charge is 0.0962 e. The summed E-state index contributed by atoms with van der Waals surface area (Å²) in [6.45, 7) is 0. The van der Waals surface area contributed by atoms with E-state index in [-0.39, 0.29) is 6.10 Å². The van der Waals surface area contributed by atoms with Crippen molar-refractivity contribution in [1.29, 1.82) is 0 Å².